The van der Waals surface area contributed by atoms with E-state index in [0.717, 1.165) is 11.3 Å². The minimum absolute atomic E-state index is 0.0128. The van der Waals surface area contributed by atoms with Crippen LogP contribution >= 0.6 is 11.3 Å². The lowest BCUT2D eigenvalue weighted by Gasteiger charge is -2.01. The first-order valence-electron chi connectivity index (χ1n) is 6.63. The maximum atomic E-state index is 12.9. The Labute approximate surface area is 136 Å². The Hall–Kier alpha value is -2.12. The summed E-state index contributed by atoms with van der Waals surface area (Å²) in [5.41, 5.74) is 1.61. The minimum atomic E-state index is -3.61. The average molecular weight is 351 g/mol. The van der Waals surface area contributed by atoms with E-state index in [4.69, 9.17) is 0 Å². The lowest BCUT2D eigenvalue weighted by molar-refractivity contribution is 0.594. The van der Waals surface area contributed by atoms with Gasteiger partial charge in [0.2, 0.25) is 14.2 Å². The van der Waals surface area contributed by atoms with Gasteiger partial charge >= 0.3 is 0 Å². The SMILES string of the molecule is O=S(=O)(Cc1ccc(F)cc1)c1nc(-c2ccc(F)cc2)cs1. The third-order valence-electron chi connectivity index (χ3n) is 3.16. The molecule has 0 spiro atoms. The van der Waals surface area contributed by atoms with Crippen molar-refractivity contribution in [1.29, 1.82) is 0 Å². The predicted molar refractivity (Wildman–Crippen MR) is 84.8 cm³/mol. The summed E-state index contributed by atoms with van der Waals surface area (Å²) < 4.78 is 50.5. The van der Waals surface area contributed by atoms with Gasteiger partial charge in [-0.2, -0.15) is 0 Å². The predicted octanol–water partition coefficient (Wildman–Crippen LogP) is 4.06. The summed E-state index contributed by atoms with van der Waals surface area (Å²) in [5, 5.41) is 1.62. The Morgan fingerprint density at radius 2 is 1.48 bits per heavy atom. The Kier molecular flexibility index (Phi) is 4.23. The molecule has 0 radical (unpaired) electrons. The van der Waals surface area contributed by atoms with Gasteiger partial charge in [-0.15, -0.1) is 11.3 Å². The van der Waals surface area contributed by atoms with Gasteiger partial charge in [0.25, 0.3) is 0 Å². The van der Waals surface area contributed by atoms with Crippen LogP contribution in [0.15, 0.2) is 58.3 Å². The van der Waals surface area contributed by atoms with E-state index in [1.165, 1.54) is 36.4 Å². The number of hydrogen-bond donors (Lipinski definition) is 0. The van der Waals surface area contributed by atoms with Gasteiger partial charge < -0.3 is 0 Å². The number of rotatable bonds is 4. The highest BCUT2D eigenvalue weighted by Crippen LogP contribution is 2.26. The van der Waals surface area contributed by atoms with Crippen molar-refractivity contribution in [1.82, 2.24) is 4.98 Å². The number of sulfone groups is 1. The molecule has 0 N–H and O–H groups in total. The van der Waals surface area contributed by atoms with Crippen LogP contribution in [0.2, 0.25) is 0 Å². The van der Waals surface area contributed by atoms with E-state index in [1.807, 2.05) is 0 Å². The third-order valence-corrected chi connectivity index (χ3v) is 6.18. The molecular weight excluding hydrogens is 340 g/mol. The average Bonchev–Trinajstić information content (AvgIpc) is 3.01. The topological polar surface area (TPSA) is 47.0 Å². The van der Waals surface area contributed by atoms with E-state index in [-0.39, 0.29) is 15.9 Å². The van der Waals surface area contributed by atoms with Gasteiger partial charge in [-0.3, -0.25) is 0 Å². The summed E-state index contributed by atoms with van der Waals surface area (Å²) >= 11 is 1.01. The van der Waals surface area contributed by atoms with E-state index < -0.39 is 15.7 Å². The lowest BCUT2D eigenvalue weighted by atomic mass is 10.2. The summed E-state index contributed by atoms with van der Waals surface area (Å²) in [6.45, 7) is 0. The molecule has 0 atom stereocenters. The van der Waals surface area contributed by atoms with Crippen LogP contribution < -0.4 is 0 Å². The number of hydrogen-bond acceptors (Lipinski definition) is 4. The lowest BCUT2D eigenvalue weighted by Crippen LogP contribution is -2.04. The van der Waals surface area contributed by atoms with Gasteiger partial charge in [-0.25, -0.2) is 22.2 Å². The molecule has 3 aromatic rings. The van der Waals surface area contributed by atoms with Crippen molar-refractivity contribution in [3.05, 3.63) is 71.1 Å². The first-order valence-corrected chi connectivity index (χ1v) is 9.16. The molecule has 0 amide bonds. The van der Waals surface area contributed by atoms with Gasteiger partial charge in [0.05, 0.1) is 11.4 Å². The maximum absolute atomic E-state index is 12.9. The van der Waals surface area contributed by atoms with Crippen molar-refractivity contribution in [3.63, 3.8) is 0 Å². The van der Waals surface area contributed by atoms with Crippen LogP contribution in [0.5, 0.6) is 0 Å². The molecule has 7 heteroatoms. The second-order valence-corrected chi connectivity index (χ2v) is 7.91. The van der Waals surface area contributed by atoms with Crippen molar-refractivity contribution >= 4 is 21.2 Å². The van der Waals surface area contributed by atoms with Crippen molar-refractivity contribution in [2.24, 2.45) is 0 Å². The second kappa shape index (κ2) is 6.17. The van der Waals surface area contributed by atoms with Crippen LogP contribution in [0.25, 0.3) is 11.3 Å². The van der Waals surface area contributed by atoms with E-state index >= 15 is 0 Å². The largest absolute Gasteiger partial charge is 0.225 e. The number of aromatic nitrogens is 1. The zero-order valence-corrected chi connectivity index (χ0v) is 13.4. The molecule has 0 bridgehead atoms. The summed E-state index contributed by atoms with van der Waals surface area (Å²) in [4.78, 5) is 4.13. The summed E-state index contributed by atoms with van der Waals surface area (Å²) in [6.07, 6.45) is 0. The van der Waals surface area contributed by atoms with Gasteiger partial charge in [-0.05, 0) is 42.0 Å². The summed E-state index contributed by atoms with van der Waals surface area (Å²) in [7, 11) is -3.61. The van der Waals surface area contributed by atoms with Crippen molar-refractivity contribution in [2.45, 2.75) is 10.1 Å². The summed E-state index contributed by atoms with van der Waals surface area (Å²) in [5.74, 6) is -1.03. The smallest absolute Gasteiger partial charge is 0.210 e. The molecular formula is C16H11F2NO2S2. The molecule has 0 saturated carbocycles. The third kappa shape index (κ3) is 3.62. The van der Waals surface area contributed by atoms with Crippen LogP contribution in [0, 0.1) is 11.6 Å². The van der Waals surface area contributed by atoms with Crippen LogP contribution in [0.1, 0.15) is 5.56 Å². The molecule has 118 valence electrons. The molecule has 1 aromatic heterocycles. The first-order chi connectivity index (χ1) is 10.9. The monoisotopic (exact) mass is 351 g/mol. The fourth-order valence-electron chi connectivity index (χ4n) is 2.02. The first kappa shape index (κ1) is 15.8. The Morgan fingerprint density at radius 1 is 0.913 bits per heavy atom. The molecule has 3 nitrogen and oxygen atoms in total. The van der Waals surface area contributed by atoms with Crippen molar-refractivity contribution in [2.75, 3.05) is 0 Å². The number of nitrogens with zero attached hydrogens (tertiary/aromatic N) is 1. The Morgan fingerprint density at radius 3 is 2.09 bits per heavy atom. The van der Waals surface area contributed by atoms with Gasteiger partial charge in [0, 0.05) is 10.9 Å². The maximum Gasteiger partial charge on any atom is 0.210 e. The molecule has 1 heterocycles. The van der Waals surface area contributed by atoms with Crippen LogP contribution in [0.4, 0.5) is 8.78 Å². The highest BCUT2D eigenvalue weighted by molar-refractivity contribution is 7.92. The fraction of sp³-hybridized carbons (Fsp3) is 0.0625. The molecule has 0 aliphatic carbocycles. The zero-order chi connectivity index (χ0) is 16.4. The van der Waals surface area contributed by atoms with E-state index in [2.05, 4.69) is 4.98 Å². The number of benzene rings is 2. The zero-order valence-electron chi connectivity index (χ0n) is 11.7. The standard InChI is InChI=1S/C16H11F2NO2S2/c17-13-5-1-11(2-6-13)10-23(20,21)16-19-15(9-22-16)12-3-7-14(18)8-4-12/h1-9H,10H2. The summed E-state index contributed by atoms with van der Waals surface area (Å²) in [6, 6.07) is 11.0. The molecule has 3 rings (SSSR count). The van der Waals surface area contributed by atoms with Crippen molar-refractivity contribution < 1.29 is 17.2 Å². The highest BCUT2D eigenvalue weighted by atomic mass is 32.2. The quantitative estimate of drug-likeness (QED) is 0.712. The Bertz CT molecular complexity index is 917. The molecule has 0 saturated heterocycles. The van der Waals surface area contributed by atoms with Crippen LogP contribution in [0.3, 0.4) is 0 Å². The van der Waals surface area contributed by atoms with Gasteiger partial charge in [-0.1, -0.05) is 12.1 Å². The molecule has 0 unspecified atom stereocenters. The molecule has 0 aliphatic heterocycles. The number of halogens is 2. The Balaban J connectivity index is 1.86. The van der Waals surface area contributed by atoms with Gasteiger partial charge in [0.1, 0.15) is 11.6 Å². The van der Waals surface area contributed by atoms with E-state index in [0.29, 0.717) is 16.8 Å². The second-order valence-electron chi connectivity index (χ2n) is 4.89. The van der Waals surface area contributed by atoms with E-state index in [1.54, 1.807) is 17.5 Å². The van der Waals surface area contributed by atoms with Crippen LogP contribution in [-0.4, -0.2) is 13.4 Å². The van der Waals surface area contributed by atoms with Crippen molar-refractivity contribution in [3.8, 4) is 11.3 Å². The van der Waals surface area contributed by atoms with E-state index in [9.17, 15) is 17.2 Å². The molecule has 2 aromatic carbocycles. The number of thiazole rings is 1. The van der Waals surface area contributed by atoms with Gasteiger partial charge in [0.15, 0.2) is 0 Å². The molecule has 23 heavy (non-hydrogen) atoms. The van der Waals surface area contributed by atoms with Crippen LogP contribution in [-0.2, 0) is 15.6 Å². The normalized spacial score (nSPS) is 11.6. The molecule has 0 aliphatic rings. The molecule has 0 fully saturated rings. The minimum Gasteiger partial charge on any atom is -0.225 e. The fourth-order valence-corrected chi connectivity index (χ4v) is 4.47. The highest BCUT2D eigenvalue weighted by Gasteiger charge is 2.20.